The number of halogens is 4. The molecule has 0 unspecified atom stereocenters. The highest BCUT2D eigenvalue weighted by atomic mass is 19.4. The Morgan fingerprint density at radius 3 is 2.37 bits per heavy atom. The number of methoxy groups -OCH3 is 1. The number of carbonyl (C=O) groups is 1. The first kappa shape index (κ1) is 24.1. The zero-order valence-corrected chi connectivity index (χ0v) is 18.9. The predicted molar refractivity (Wildman–Crippen MR) is 121 cm³/mol. The summed E-state index contributed by atoms with van der Waals surface area (Å²) in [7, 11) is 2.80. The van der Waals surface area contributed by atoms with Gasteiger partial charge in [-0.2, -0.15) is 13.2 Å². The lowest BCUT2D eigenvalue weighted by Crippen LogP contribution is -2.28. The number of carbonyl (C=O) groups excluding carboxylic acids is 1. The number of hydrogen-bond donors (Lipinski definition) is 1. The average molecular weight is 488 g/mol. The van der Waals surface area contributed by atoms with Crippen LogP contribution in [-0.4, -0.2) is 30.0 Å². The number of fused-ring (bicyclic) bond motifs is 1. The van der Waals surface area contributed by atoms with Gasteiger partial charge in [-0.05, 0) is 55.5 Å². The molecule has 0 spiro atoms. The standard InChI is InChI=1S/C24H20F4N4O3/c1-12(29)21-20(23(33)32(2)14-6-4-13(25)5-7-14)31-22(35-21)16-8-10-17(34-3)19-15(16)9-11-18(30-19)24(26,27)28/h4-12H,29H2,1-3H3/t12-/m0/s1. The number of rotatable bonds is 5. The molecule has 0 radical (unpaired) electrons. The molecule has 11 heteroatoms. The van der Waals surface area contributed by atoms with Crippen LogP contribution >= 0.6 is 0 Å². The van der Waals surface area contributed by atoms with E-state index >= 15 is 0 Å². The molecule has 4 aromatic rings. The number of hydrogen-bond acceptors (Lipinski definition) is 6. The van der Waals surface area contributed by atoms with Crippen LogP contribution in [0.2, 0.25) is 0 Å². The van der Waals surface area contributed by atoms with Gasteiger partial charge in [0.25, 0.3) is 5.91 Å². The fourth-order valence-corrected chi connectivity index (χ4v) is 3.55. The van der Waals surface area contributed by atoms with Gasteiger partial charge >= 0.3 is 6.18 Å². The second-order valence-electron chi connectivity index (χ2n) is 7.77. The first-order chi connectivity index (χ1) is 16.5. The normalized spacial score (nSPS) is 12.6. The summed E-state index contributed by atoms with van der Waals surface area (Å²) < 4.78 is 64.0. The molecule has 2 heterocycles. The maximum Gasteiger partial charge on any atom is 0.433 e. The van der Waals surface area contributed by atoms with Crippen molar-refractivity contribution in [2.45, 2.75) is 19.1 Å². The molecule has 0 fully saturated rings. The molecule has 1 amide bonds. The third kappa shape index (κ3) is 4.54. The molecule has 4 rings (SSSR count). The van der Waals surface area contributed by atoms with E-state index in [0.717, 1.165) is 6.07 Å². The highest BCUT2D eigenvalue weighted by Gasteiger charge is 2.33. The van der Waals surface area contributed by atoms with Crippen molar-refractivity contribution in [2.75, 3.05) is 19.1 Å². The van der Waals surface area contributed by atoms with Gasteiger partial charge in [0.1, 0.15) is 22.8 Å². The molecule has 182 valence electrons. The van der Waals surface area contributed by atoms with Gasteiger partial charge in [-0.15, -0.1) is 0 Å². The summed E-state index contributed by atoms with van der Waals surface area (Å²) in [5, 5.41) is 0.278. The van der Waals surface area contributed by atoms with Crippen LogP contribution in [0.5, 0.6) is 5.75 Å². The lowest BCUT2D eigenvalue weighted by atomic mass is 10.1. The first-order valence-electron chi connectivity index (χ1n) is 10.4. The van der Waals surface area contributed by atoms with Crippen molar-refractivity contribution in [1.82, 2.24) is 9.97 Å². The summed E-state index contributed by atoms with van der Waals surface area (Å²) in [6, 6.07) is 9.63. The molecular weight excluding hydrogens is 468 g/mol. The smallest absolute Gasteiger partial charge is 0.433 e. The van der Waals surface area contributed by atoms with Crippen molar-refractivity contribution in [1.29, 1.82) is 0 Å². The van der Waals surface area contributed by atoms with Gasteiger partial charge in [0, 0.05) is 23.7 Å². The fraction of sp³-hybridized carbons (Fsp3) is 0.208. The minimum absolute atomic E-state index is 0.0256. The fourth-order valence-electron chi connectivity index (χ4n) is 3.55. The third-order valence-corrected chi connectivity index (χ3v) is 5.35. The first-order valence-corrected chi connectivity index (χ1v) is 10.4. The summed E-state index contributed by atoms with van der Waals surface area (Å²) in [4.78, 5) is 22.5. The minimum Gasteiger partial charge on any atom is -0.494 e. The Bertz CT molecular complexity index is 1400. The number of ether oxygens (including phenoxy) is 1. The molecule has 2 N–H and O–H groups in total. The van der Waals surface area contributed by atoms with E-state index in [-0.39, 0.29) is 34.0 Å². The van der Waals surface area contributed by atoms with E-state index in [1.807, 2.05) is 0 Å². The molecular formula is C24H20F4N4O3. The topological polar surface area (TPSA) is 94.5 Å². The largest absolute Gasteiger partial charge is 0.494 e. The number of anilines is 1. The Labute approximate surface area is 197 Å². The Morgan fingerprint density at radius 2 is 1.77 bits per heavy atom. The predicted octanol–water partition coefficient (Wildman–Crippen LogP) is 5.35. The lowest BCUT2D eigenvalue weighted by molar-refractivity contribution is -0.140. The third-order valence-electron chi connectivity index (χ3n) is 5.35. The zero-order chi connectivity index (χ0) is 25.5. The summed E-state index contributed by atoms with van der Waals surface area (Å²) in [5.74, 6) is -0.830. The van der Waals surface area contributed by atoms with Crippen LogP contribution in [0.3, 0.4) is 0 Å². The van der Waals surface area contributed by atoms with Crippen molar-refractivity contribution in [2.24, 2.45) is 5.73 Å². The molecule has 0 aliphatic carbocycles. The molecule has 35 heavy (non-hydrogen) atoms. The van der Waals surface area contributed by atoms with Crippen LogP contribution in [-0.2, 0) is 6.18 Å². The molecule has 2 aromatic carbocycles. The Hall–Kier alpha value is -3.99. The monoisotopic (exact) mass is 488 g/mol. The summed E-state index contributed by atoms with van der Waals surface area (Å²) in [5.41, 5.74) is 5.52. The summed E-state index contributed by atoms with van der Waals surface area (Å²) in [6.45, 7) is 1.60. The minimum atomic E-state index is -4.65. The van der Waals surface area contributed by atoms with Crippen molar-refractivity contribution in [3.8, 4) is 17.2 Å². The van der Waals surface area contributed by atoms with Gasteiger partial charge in [-0.1, -0.05) is 0 Å². The highest BCUT2D eigenvalue weighted by Crippen LogP contribution is 2.37. The van der Waals surface area contributed by atoms with Gasteiger partial charge in [0.2, 0.25) is 5.89 Å². The number of nitrogens with zero attached hydrogens (tertiary/aromatic N) is 3. The van der Waals surface area contributed by atoms with Crippen LogP contribution < -0.4 is 15.4 Å². The molecule has 0 aliphatic heterocycles. The Morgan fingerprint density at radius 1 is 1.09 bits per heavy atom. The van der Waals surface area contributed by atoms with E-state index in [4.69, 9.17) is 14.9 Å². The van der Waals surface area contributed by atoms with E-state index in [1.165, 1.54) is 55.5 Å². The average Bonchev–Trinajstić information content (AvgIpc) is 3.27. The number of amides is 1. The maximum atomic E-state index is 13.3. The Kier molecular flexibility index (Phi) is 6.20. The van der Waals surface area contributed by atoms with Crippen LogP contribution in [0.4, 0.5) is 23.2 Å². The molecule has 0 saturated heterocycles. The molecule has 7 nitrogen and oxygen atoms in total. The quantitative estimate of drug-likeness (QED) is 0.381. The van der Waals surface area contributed by atoms with Crippen LogP contribution in [0.15, 0.2) is 52.9 Å². The second-order valence-corrected chi connectivity index (χ2v) is 7.77. The number of benzene rings is 2. The number of oxazole rings is 1. The number of alkyl halides is 3. The molecule has 0 bridgehead atoms. The molecule has 0 aliphatic rings. The van der Waals surface area contributed by atoms with E-state index < -0.39 is 29.6 Å². The van der Waals surface area contributed by atoms with Gasteiger partial charge in [0.15, 0.2) is 11.5 Å². The second kappa shape index (κ2) is 8.99. The number of aromatic nitrogens is 2. The highest BCUT2D eigenvalue weighted by molar-refractivity contribution is 6.06. The van der Waals surface area contributed by atoms with E-state index in [0.29, 0.717) is 11.3 Å². The number of pyridine rings is 1. The van der Waals surface area contributed by atoms with Crippen LogP contribution in [0.1, 0.15) is 34.9 Å². The zero-order valence-electron chi connectivity index (χ0n) is 18.9. The molecule has 2 aromatic heterocycles. The maximum absolute atomic E-state index is 13.3. The van der Waals surface area contributed by atoms with E-state index in [2.05, 4.69) is 9.97 Å². The number of nitrogens with two attached hydrogens (primary N) is 1. The summed E-state index contributed by atoms with van der Waals surface area (Å²) >= 11 is 0. The van der Waals surface area contributed by atoms with Crippen molar-refractivity contribution >= 4 is 22.5 Å². The summed E-state index contributed by atoms with van der Waals surface area (Å²) in [6.07, 6.45) is -4.65. The van der Waals surface area contributed by atoms with Crippen LogP contribution in [0, 0.1) is 5.82 Å². The lowest BCUT2D eigenvalue weighted by Gasteiger charge is -2.16. The molecule has 0 saturated carbocycles. The SMILES string of the molecule is COc1ccc(-c2nc(C(=O)N(C)c3ccc(F)cc3)c([C@H](C)N)o2)c2ccc(C(F)(F)F)nc12. The van der Waals surface area contributed by atoms with E-state index in [1.54, 1.807) is 13.0 Å². The molecule has 1 atom stereocenters. The van der Waals surface area contributed by atoms with Crippen molar-refractivity contribution in [3.05, 3.63) is 71.5 Å². The van der Waals surface area contributed by atoms with E-state index in [9.17, 15) is 22.4 Å². The van der Waals surface area contributed by atoms with Gasteiger partial charge in [-0.25, -0.2) is 14.4 Å². The van der Waals surface area contributed by atoms with Gasteiger partial charge < -0.3 is 19.8 Å². The van der Waals surface area contributed by atoms with Crippen molar-refractivity contribution in [3.63, 3.8) is 0 Å². The Balaban J connectivity index is 1.84. The van der Waals surface area contributed by atoms with Gasteiger partial charge in [0.05, 0.1) is 13.2 Å². The van der Waals surface area contributed by atoms with Crippen molar-refractivity contribution < 1.29 is 31.5 Å². The van der Waals surface area contributed by atoms with Gasteiger partial charge in [-0.3, -0.25) is 4.79 Å². The van der Waals surface area contributed by atoms with Crippen LogP contribution in [0.25, 0.3) is 22.4 Å².